The summed E-state index contributed by atoms with van der Waals surface area (Å²) in [7, 11) is 0. The first kappa shape index (κ1) is 31.8. The van der Waals surface area contributed by atoms with E-state index in [0.29, 0.717) is 36.3 Å². The molecule has 15 heteroatoms. The molecule has 2 aromatic heterocycles. The summed E-state index contributed by atoms with van der Waals surface area (Å²) in [5, 5.41) is 26.9. The van der Waals surface area contributed by atoms with Gasteiger partial charge in [-0.15, -0.1) is 0 Å². The Bertz CT molecular complexity index is 1280. The van der Waals surface area contributed by atoms with E-state index in [1.807, 2.05) is 0 Å². The molecule has 15 nitrogen and oxygen atoms in total. The number of rotatable bonds is 17. The van der Waals surface area contributed by atoms with Crippen LogP contribution in [-0.2, 0) is 38.4 Å². The number of aromatic amines is 2. The number of aliphatic carboxylic acids is 1. The summed E-state index contributed by atoms with van der Waals surface area (Å²) in [5.74, 6) is -3.15. The molecular weight excluding hydrogens is 546 g/mol. The lowest BCUT2D eigenvalue weighted by Crippen LogP contribution is -2.58. The molecule has 0 saturated heterocycles. The van der Waals surface area contributed by atoms with Crippen molar-refractivity contribution in [3.8, 4) is 5.75 Å². The number of hydrogen-bond acceptors (Lipinski definition) is 9. The maximum Gasteiger partial charge on any atom is 0.326 e. The fourth-order valence-electron chi connectivity index (χ4n) is 4.20. The van der Waals surface area contributed by atoms with Gasteiger partial charge in [0.05, 0.1) is 18.7 Å². The van der Waals surface area contributed by atoms with E-state index in [0.717, 1.165) is 0 Å². The molecule has 0 aliphatic heterocycles. The van der Waals surface area contributed by atoms with Crippen molar-refractivity contribution in [1.29, 1.82) is 0 Å². The number of benzene rings is 1. The highest BCUT2D eigenvalue weighted by atomic mass is 16.4. The molecule has 11 N–H and O–H groups in total. The average molecular weight is 584 g/mol. The Balaban J connectivity index is 1.75. The number of phenolic OH excluding ortho intramolecular Hbond substituents is 1. The number of H-pyrrole nitrogens is 2. The van der Waals surface area contributed by atoms with E-state index >= 15 is 0 Å². The Morgan fingerprint density at radius 2 is 1.31 bits per heavy atom. The molecule has 3 aromatic rings. The first-order chi connectivity index (χ1) is 20.2. The van der Waals surface area contributed by atoms with Crippen LogP contribution in [0.1, 0.15) is 36.2 Å². The summed E-state index contributed by atoms with van der Waals surface area (Å²) in [6.07, 6.45) is 7.22. The molecule has 226 valence electrons. The number of carbonyl (C=O) groups is 4. The zero-order chi connectivity index (χ0) is 30.5. The van der Waals surface area contributed by atoms with Crippen molar-refractivity contribution in [2.24, 2.45) is 11.5 Å². The number of carbonyl (C=O) groups excluding carboxylic acids is 3. The maximum atomic E-state index is 13.5. The van der Waals surface area contributed by atoms with E-state index in [9.17, 15) is 29.4 Å². The Morgan fingerprint density at radius 1 is 0.786 bits per heavy atom. The summed E-state index contributed by atoms with van der Waals surface area (Å²) in [5.41, 5.74) is 13.4. The summed E-state index contributed by atoms with van der Waals surface area (Å²) < 4.78 is 0. The molecule has 1 aromatic carbocycles. The number of carboxylic acid groups (broad SMARTS) is 1. The Morgan fingerprint density at radius 3 is 1.79 bits per heavy atom. The Kier molecular flexibility index (Phi) is 12.0. The van der Waals surface area contributed by atoms with Crippen molar-refractivity contribution in [2.75, 3.05) is 6.54 Å². The van der Waals surface area contributed by atoms with Crippen LogP contribution in [0.5, 0.6) is 5.75 Å². The number of nitrogens with zero attached hydrogens (tertiary/aromatic N) is 2. The maximum absolute atomic E-state index is 13.5. The minimum atomic E-state index is -1.21. The van der Waals surface area contributed by atoms with Gasteiger partial charge in [-0.25, -0.2) is 14.8 Å². The van der Waals surface area contributed by atoms with Crippen molar-refractivity contribution in [3.63, 3.8) is 0 Å². The molecule has 42 heavy (non-hydrogen) atoms. The minimum Gasteiger partial charge on any atom is -0.508 e. The number of hydrogen-bond donors (Lipinski definition) is 9. The van der Waals surface area contributed by atoms with Crippen LogP contribution < -0.4 is 27.4 Å². The van der Waals surface area contributed by atoms with E-state index in [-0.39, 0.29) is 31.4 Å². The van der Waals surface area contributed by atoms with Gasteiger partial charge >= 0.3 is 5.97 Å². The van der Waals surface area contributed by atoms with Crippen LogP contribution >= 0.6 is 0 Å². The van der Waals surface area contributed by atoms with Gasteiger partial charge in [0.15, 0.2) is 0 Å². The van der Waals surface area contributed by atoms with E-state index in [1.165, 1.54) is 37.2 Å². The number of nitrogens with two attached hydrogens (primary N) is 2. The summed E-state index contributed by atoms with van der Waals surface area (Å²) >= 11 is 0. The molecule has 0 saturated carbocycles. The van der Waals surface area contributed by atoms with Crippen LogP contribution in [0.25, 0.3) is 0 Å². The SMILES string of the molecule is NCCCCC(NC(=O)C(Cc1cnc[nH]1)NC(=O)C(Cc1cnc[nH]1)NC(=O)C(N)Cc1ccc(O)cc1)C(=O)O. The number of aromatic nitrogens is 4. The number of amides is 3. The molecule has 3 amide bonds. The van der Waals surface area contributed by atoms with Crippen LogP contribution in [-0.4, -0.2) is 84.6 Å². The highest BCUT2D eigenvalue weighted by molar-refractivity contribution is 5.94. The van der Waals surface area contributed by atoms with Crippen molar-refractivity contribution >= 4 is 23.7 Å². The summed E-state index contributed by atoms with van der Waals surface area (Å²) in [6.45, 7) is 0.390. The monoisotopic (exact) mass is 583 g/mol. The third kappa shape index (κ3) is 10.0. The second kappa shape index (κ2) is 15.9. The Labute approximate surface area is 241 Å². The lowest BCUT2D eigenvalue weighted by Gasteiger charge is -2.25. The average Bonchev–Trinajstić information content (AvgIpc) is 3.67. The Hall–Kier alpha value is -4.76. The van der Waals surface area contributed by atoms with Crippen molar-refractivity contribution in [3.05, 3.63) is 66.3 Å². The highest BCUT2D eigenvalue weighted by Gasteiger charge is 2.31. The number of imidazole rings is 2. The first-order valence-corrected chi connectivity index (χ1v) is 13.5. The predicted molar refractivity (Wildman–Crippen MR) is 151 cm³/mol. The number of aromatic hydroxyl groups is 1. The summed E-state index contributed by atoms with van der Waals surface area (Å²) in [4.78, 5) is 65.2. The molecule has 4 unspecified atom stereocenters. The van der Waals surface area contributed by atoms with Crippen LogP contribution in [0.4, 0.5) is 0 Å². The van der Waals surface area contributed by atoms with Gasteiger partial charge < -0.3 is 47.6 Å². The van der Waals surface area contributed by atoms with E-state index in [1.54, 1.807) is 12.1 Å². The van der Waals surface area contributed by atoms with Crippen molar-refractivity contribution in [1.82, 2.24) is 35.9 Å². The molecule has 0 aliphatic carbocycles. The number of unbranched alkanes of at least 4 members (excludes halogenated alkanes) is 1. The van der Waals surface area contributed by atoms with Crippen LogP contribution in [0.15, 0.2) is 49.3 Å². The van der Waals surface area contributed by atoms with E-state index in [4.69, 9.17) is 11.5 Å². The normalized spacial score (nSPS) is 13.9. The summed E-state index contributed by atoms with van der Waals surface area (Å²) in [6, 6.07) is 1.69. The van der Waals surface area contributed by atoms with Gasteiger partial charge in [0.25, 0.3) is 0 Å². The number of phenols is 1. The molecule has 0 bridgehead atoms. The predicted octanol–water partition coefficient (Wildman–Crippen LogP) is -1.14. The van der Waals surface area contributed by atoms with Gasteiger partial charge in [0.1, 0.15) is 23.9 Å². The van der Waals surface area contributed by atoms with Crippen molar-refractivity contribution in [2.45, 2.75) is 62.7 Å². The van der Waals surface area contributed by atoms with Crippen LogP contribution in [0.3, 0.4) is 0 Å². The standard InChI is InChI=1S/C27H37N9O6/c28-8-2-1-3-21(27(41)42)34-25(39)23(11-18-13-31-15-33-18)36-26(40)22(10-17-12-30-14-32-17)35-24(38)20(29)9-16-4-6-19(37)7-5-16/h4-7,12-15,20-23,37H,1-3,8-11,28-29H2,(H,30,32)(H,31,33)(H,34,39)(H,35,38)(H,36,40)(H,41,42). The molecule has 0 spiro atoms. The van der Waals surface area contributed by atoms with Crippen molar-refractivity contribution < 1.29 is 29.4 Å². The first-order valence-electron chi connectivity index (χ1n) is 13.5. The number of carboxylic acids is 1. The molecule has 3 rings (SSSR count). The molecule has 4 atom stereocenters. The highest BCUT2D eigenvalue weighted by Crippen LogP contribution is 2.11. The topological polar surface area (TPSA) is 254 Å². The molecule has 2 heterocycles. The third-order valence-electron chi connectivity index (χ3n) is 6.51. The van der Waals surface area contributed by atoms with Gasteiger partial charge in [-0.1, -0.05) is 12.1 Å². The zero-order valence-electron chi connectivity index (χ0n) is 23.0. The second-order valence-electron chi connectivity index (χ2n) is 9.85. The minimum absolute atomic E-state index is 0.0126. The van der Waals surface area contributed by atoms with E-state index in [2.05, 4.69) is 35.9 Å². The lowest BCUT2D eigenvalue weighted by molar-refractivity contribution is -0.142. The van der Waals surface area contributed by atoms with Crippen LogP contribution in [0, 0.1) is 0 Å². The van der Waals surface area contributed by atoms with E-state index < -0.39 is 47.9 Å². The zero-order valence-corrected chi connectivity index (χ0v) is 23.0. The molecular formula is C27H37N9O6. The smallest absolute Gasteiger partial charge is 0.326 e. The number of nitrogens with one attached hydrogen (secondary N) is 5. The fraction of sp³-hybridized carbons (Fsp3) is 0.407. The fourth-order valence-corrected chi connectivity index (χ4v) is 4.20. The quantitative estimate of drug-likeness (QED) is 0.0863. The van der Waals surface area contributed by atoms with Gasteiger partial charge in [-0.05, 0) is 49.9 Å². The second-order valence-corrected chi connectivity index (χ2v) is 9.85. The van der Waals surface area contributed by atoms with Gasteiger partial charge in [0, 0.05) is 36.6 Å². The molecule has 0 aliphatic rings. The van der Waals surface area contributed by atoms with Gasteiger partial charge in [-0.3, -0.25) is 14.4 Å². The largest absolute Gasteiger partial charge is 0.508 e. The van der Waals surface area contributed by atoms with Crippen LogP contribution in [0.2, 0.25) is 0 Å². The van der Waals surface area contributed by atoms with Gasteiger partial charge in [-0.2, -0.15) is 0 Å². The lowest BCUT2D eigenvalue weighted by atomic mass is 10.0. The molecule has 0 radical (unpaired) electrons. The molecule has 0 fully saturated rings. The van der Waals surface area contributed by atoms with Gasteiger partial charge in [0.2, 0.25) is 17.7 Å². The third-order valence-corrected chi connectivity index (χ3v) is 6.51.